The second kappa shape index (κ2) is 8.55. The van der Waals surface area contributed by atoms with E-state index in [-0.39, 0.29) is 25.1 Å². The Morgan fingerprint density at radius 3 is 3.09 bits per heavy atom. The first kappa shape index (κ1) is 17.3. The lowest BCUT2D eigenvalue weighted by atomic mass is 10.2. The normalized spacial score (nSPS) is 19.5. The van der Waals surface area contributed by atoms with Gasteiger partial charge in [0.2, 0.25) is 5.91 Å². The zero-order chi connectivity index (χ0) is 15.9. The van der Waals surface area contributed by atoms with Crippen molar-refractivity contribution in [3.05, 3.63) is 28.2 Å². The minimum Gasteiger partial charge on any atom is -0.489 e. The van der Waals surface area contributed by atoms with Crippen LogP contribution in [0.2, 0.25) is 10.0 Å². The van der Waals surface area contributed by atoms with Crippen LogP contribution < -0.4 is 15.4 Å². The van der Waals surface area contributed by atoms with Crippen LogP contribution in [0.1, 0.15) is 0 Å². The summed E-state index contributed by atoms with van der Waals surface area (Å²) in [6, 6.07) is 4.62. The Balaban J connectivity index is 1.72. The minimum atomic E-state index is -0.858. The molecule has 2 atom stereocenters. The lowest BCUT2D eigenvalue weighted by Gasteiger charge is -2.23. The van der Waals surface area contributed by atoms with Crippen molar-refractivity contribution in [1.82, 2.24) is 10.6 Å². The van der Waals surface area contributed by atoms with Crippen molar-refractivity contribution >= 4 is 29.1 Å². The molecule has 1 aliphatic heterocycles. The first-order valence-corrected chi connectivity index (χ1v) is 7.67. The molecule has 3 N–H and O–H groups in total. The van der Waals surface area contributed by atoms with Gasteiger partial charge in [-0.2, -0.15) is 0 Å². The molecule has 1 aromatic carbocycles. The van der Waals surface area contributed by atoms with Crippen molar-refractivity contribution in [2.24, 2.45) is 0 Å². The van der Waals surface area contributed by atoms with Crippen LogP contribution in [-0.4, -0.2) is 56.1 Å². The van der Waals surface area contributed by atoms with Crippen LogP contribution in [0, 0.1) is 0 Å². The van der Waals surface area contributed by atoms with Crippen molar-refractivity contribution in [2.45, 2.75) is 12.1 Å². The number of aliphatic hydroxyl groups is 1. The number of nitrogens with one attached hydrogen (secondary N) is 2. The molecule has 0 spiro atoms. The molecule has 0 aliphatic carbocycles. The van der Waals surface area contributed by atoms with E-state index in [0.717, 1.165) is 0 Å². The number of rotatable bonds is 6. The van der Waals surface area contributed by atoms with Gasteiger partial charge in [-0.3, -0.25) is 4.79 Å². The second-order valence-electron chi connectivity index (χ2n) is 4.84. The monoisotopic (exact) mass is 348 g/mol. The van der Waals surface area contributed by atoms with E-state index in [0.29, 0.717) is 35.6 Å². The van der Waals surface area contributed by atoms with Crippen LogP contribution in [0.4, 0.5) is 0 Å². The number of carbonyl (C=O) groups is 1. The number of ether oxygens (including phenoxy) is 2. The Kier molecular flexibility index (Phi) is 6.72. The second-order valence-corrected chi connectivity index (χ2v) is 5.63. The number of halogens is 2. The van der Waals surface area contributed by atoms with Gasteiger partial charge in [0.25, 0.3) is 0 Å². The number of aliphatic hydroxyl groups excluding tert-OH is 1. The van der Waals surface area contributed by atoms with Crippen LogP contribution in [0.3, 0.4) is 0 Å². The van der Waals surface area contributed by atoms with Gasteiger partial charge in [0.15, 0.2) is 0 Å². The smallest absolute Gasteiger partial charge is 0.239 e. The van der Waals surface area contributed by atoms with E-state index in [1.807, 2.05) is 0 Å². The highest BCUT2D eigenvalue weighted by Gasteiger charge is 2.21. The molecule has 6 nitrogen and oxygen atoms in total. The summed E-state index contributed by atoms with van der Waals surface area (Å²) < 4.78 is 10.6. The van der Waals surface area contributed by atoms with Gasteiger partial charge in [-0.15, -0.1) is 0 Å². The molecule has 1 heterocycles. The molecule has 1 aromatic rings. The Hall–Kier alpha value is -1.05. The number of hydrogen-bond donors (Lipinski definition) is 3. The first-order valence-electron chi connectivity index (χ1n) is 6.91. The quantitative estimate of drug-likeness (QED) is 0.709. The predicted octanol–water partition coefficient (Wildman–Crippen LogP) is 0.838. The summed E-state index contributed by atoms with van der Waals surface area (Å²) in [7, 11) is 0. The molecule has 8 heteroatoms. The van der Waals surface area contributed by atoms with E-state index < -0.39 is 6.10 Å². The molecule has 22 heavy (non-hydrogen) atoms. The number of amides is 1. The molecule has 1 aliphatic rings. The third-order valence-electron chi connectivity index (χ3n) is 3.10. The van der Waals surface area contributed by atoms with Crippen molar-refractivity contribution in [3.63, 3.8) is 0 Å². The van der Waals surface area contributed by atoms with Crippen LogP contribution in [0.25, 0.3) is 0 Å². The standard InChI is InChI=1S/C14H18Cl2N2O4/c15-10-2-1-3-12(13(10)16)22-7-9(19)6-18-14(20)11-8-21-5-4-17-11/h1-3,9,11,17,19H,4-8H2,(H,18,20)/t9-,11-/m1/s1. The average Bonchev–Trinajstić information content (AvgIpc) is 2.54. The van der Waals surface area contributed by atoms with Gasteiger partial charge >= 0.3 is 0 Å². The summed E-state index contributed by atoms with van der Waals surface area (Å²) >= 11 is 11.8. The molecular weight excluding hydrogens is 331 g/mol. The summed E-state index contributed by atoms with van der Waals surface area (Å²) in [5.74, 6) is 0.182. The van der Waals surface area contributed by atoms with Crippen LogP contribution in [-0.2, 0) is 9.53 Å². The Morgan fingerprint density at radius 1 is 1.55 bits per heavy atom. The van der Waals surface area contributed by atoms with Gasteiger partial charge in [0.1, 0.15) is 29.5 Å². The Bertz CT molecular complexity index is 510. The lowest BCUT2D eigenvalue weighted by molar-refractivity contribution is -0.126. The van der Waals surface area contributed by atoms with E-state index in [9.17, 15) is 9.90 Å². The van der Waals surface area contributed by atoms with E-state index in [1.54, 1.807) is 18.2 Å². The number of carbonyl (C=O) groups excluding carboxylic acids is 1. The van der Waals surface area contributed by atoms with Crippen molar-refractivity contribution in [1.29, 1.82) is 0 Å². The van der Waals surface area contributed by atoms with E-state index in [4.69, 9.17) is 32.7 Å². The molecule has 0 unspecified atom stereocenters. The zero-order valence-corrected chi connectivity index (χ0v) is 13.4. The maximum Gasteiger partial charge on any atom is 0.239 e. The highest BCUT2D eigenvalue weighted by Crippen LogP contribution is 2.31. The zero-order valence-electron chi connectivity index (χ0n) is 11.9. The third kappa shape index (κ3) is 5.00. The topological polar surface area (TPSA) is 79.8 Å². The van der Waals surface area contributed by atoms with Crippen molar-refractivity contribution in [2.75, 3.05) is 32.9 Å². The molecule has 0 radical (unpaired) electrons. The van der Waals surface area contributed by atoms with E-state index in [1.165, 1.54) is 0 Å². The largest absolute Gasteiger partial charge is 0.489 e. The Morgan fingerprint density at radius 2 is 2.36 bits per heavy atom. The van der Waals surface area contributed by atoms with Crippen molar-refractivity contribution < 1.29 is 19.4 Å². The molecular formula is C14H18Cl2N2O4. The summed E-state index contributed by atoms with van der Waals surface area (Å²) in [5, 5.41) is 16.2. The SMILES string of the molecule is O=C(NC[C@@H](O)COc1cccc(Cl)c1Cl)[C@H]1COCCN1. The Labute approximate surface area is 138 Å². The summed E-state index contributed by atoms with van der Waals surface area (Å²) in [5.41, 5.74) is 0. The summed E-state index contributed by atoms with van der Waals surface area (Å²) in [6.45, 7) is 1.64. The molecule has 2 rings (SSSR count). The van der Waals surface area contributed by atoms with E-state index >= 15 is 0 Å². The van der Waals surface area contributed by atoms with Gasteiger partial charge in [0, 0.05) is 13.1 Å². The molecule has 0 aromatic heterocycles. The van der Waals surface area contributed by atoms with Crippen LogP contribution >= 0.6 is 23.2 Å². The van der Waals surface area contributed by atoms with E-state index in [2.05, 4.69) is 10.6 Å². The number of benzene rings is 1. The lowest BCUT2D eigenvalue weighted by Crippen LogP contribution is -2.52. The fourth-order valence-corrected chi connectivity index (χ4v) is 2.26. The highest BCUT2D eigenvalue weighted by molar-refractivity contribution is 6.42. The summed E-state index contributed by atoms with van der Waals surface area (Å²) in [4.78, 5) is 11.8. The fourth-order valence-electron chi connectivity index (χ4n) is 1.92. The van der Waals surface area contributed by atoms with Gasteiger partial charge in [-0.1, -0.05) is 29.3 Å². The molecule has 0 saturated carbocycles. The van der Waals surface area contributed by atoms with Gasteiger partial charge in [0.05, 0.1) is 18.2 Å². The van der Waals surface area contributed by atoms with Crippen molar-refractivity contribution in [3.8, 4) is 5.75 Å². The first-order chi connectivity index (χ1) is 10.6. The maximum absolute atomic E-state index is 11.8. The molecule has 1 fully saturated rings. The minimum absolute atomic E-state index is 0.00502. The maximum atomic E-state index is 11.8. The highest BCUT2D eigenvalue weighted by atomic mass is 35.5. The molecule has 0 bridgehead atoms. The van der Waals surface area contributed by atoms with Gasteiger partial charge in [-0.25, -0.2) is 0 Å². The molecule has 1 saturated heterocycles. The predicted molar refractivity (Wildman–Crippen MR) is 83.6 cm³/mol. The average molecular weight is 349 g/mol. The van der Waals surface area contributed by atoms with Gasteiger partial charge < -0.3 is 25.2 Å². The number of morpholine rings is 1. The number of hydrogen-bond acceptors (Lipinski definition) is 5. The molecule has 122 valence electrons. The van der Waals surface area contributed by atoms with Crippen LogP contribution in [0.5, 0.6) is 5.75 Å². The molecule has 1 amide bonds. The summed E-state index contributed by atoms with van der Waals surface area (Å²) in [6.07, 6.45) is -0.858. The van der Waals surface area contributed by atoms with Gasteiger partial charge in [-0.05, 0) is 12.1 Å². The fraction of sp³-hybridized carbons (Fsp3) is 0.500. The third-order valence-corrected chi connectivity index (χ3v) is 3.90. The van der Waals surface area contributed by atoms with Crippen LogP contribution in [0.15, 0.2) is 18.2 Å².